The van der Waals surface area contributed by atoms with Crippen LogP contribution in [0.5, 0.6) is 0 Å². The van der Waals surface area contributed by atoms with E-state index in [4.69, 9.17) is 4.98 Å². The van der Waals surface area contributed by atoms with Gasteiger partial charge in [-0.2, -0.15) is 0 Å². The predicted octanol–water partition coefficient (Wildman–Crippen LogP) is 4.29. The molecule has 1 aliphatic rings. The molecule has 1 aliphatic heterocycles. The van der Waals surface area contributed by atoms with Crippen LogP contribution in [0.4, 0.5) is 0 Å². The fraction of sp³-hybridized carbons (Fsp3) is 0.278. The Hall–Kier alpha value is -1.71. The minimum Gasteiger partial charge on any atom is -0.298 e. The smallest absolute Gasteiger partial charge is 0.0982 e. The number of hydrogen-bond acceptors (Lipinski definition) is 3. The number of likely N-dealkylation sites (tertiary alicyclic amines) is 1. The van der Waals surface area contributed by atoms with Crippen LogP contribution in [0.15, 0.2) is 54.6 Å². The summed E-state index contributed by atoms with van der Waals surface area (Å²) in [6.07, 6.45) is 1.23. The highest BCUT2D eigenvalue weighted by Crippen LogP contribution is 2.33. The van der Waals surface area contributed by atoms with Crippen LogP contribution in [-0.4, -0.2) is 23.0 Å². The molecule has 0 bridgehead atoms. The van der Waals surface area contributed by atoms with Crippen molar-refractivity contribution >= 4 is 21.6 Å². The van der Waals surface area contributed by atoms with Gasteiger partial charge in [-0.15, -0.1) is 11.3 Å². The summed E-state index contributed by atoms with van der Waals surface area (Å²) in [7, 11) is 0. The number of para-hydroxylation sites is 1. The molecule has 1 unspecified atom stereocenters. The molecule has 0 aliphatic carbocycles. The van der Waals surface area contributed by atoms with E-state index in [1.807, 2.05) is 11.3 Å². The molecule has 1 aromatic heterocycles. The predicted molar refractivity (Wildman–Crippen MR) is 88.7 cm³/mol. The van der Waals surface area contributed by atoms with Crippen LogP contribution in [0.3, 0.4) is 0 Å². The first-order valence-corrected chi connectivity index (χ1v) is 8.32. The molecule has 0 radical (unpaired) electrons. The van der Waals surface area contributed by atoms with Crippen LogP contribution < -0.4 is 0 Å². The van der Waals surface area contributed by atoms with Crippen LogP contribution in [-0.2, 0) is 6.54 Å². The third-order valence-electron chi connectivity index (χ3n) is 4.18. The zero-order valence-corrected chi connectivity index (χ0v) is 12.7. The number of aromatic nitrogens is 1. The number of hydrogen-bond donors (Lipinski definition) is 0. The molecule has 2 heterocycles. The van der Waals surface area contributed by atoms with E-state index in [2.05, 4.69) is 59.5 Å². The summed E-state index contributed by atoms with van der Waals surface area (Å²) >= 11 is 1.87. The Balaban J connectivity index is 1.48. The first kappa shape index (κ1) is 13.0. The Kier molecular flexibility index (Phi) is 3.45. The lowest BCUT2D eigenvalue weighted by atomic mass is 10.1. The number of thiazole rings is 1. The Morgan fingerprint density at radius 2 is 1.86 bits per heavy atom. The zero-order chi connectivity index (χ0) is 14.1. The molecule has 4 rings (SSSR count). The number of fused-ring (bicyclic) bond motifs is 1. The average Bonchev–Trinajstić information content (AvgIpc) is 3.14. The third-order valence-corrected chi connectivity index (χ3v) is 5.38. The van der Waals surface area contributed by atoms with Gasteiger partial charge in [0.1, 0.15) is 0 Å². The van der Waals surface area contributed by atoms with E-state index in [1.165, 1.54) is 28.2 Å². The summed E-state index contributed by atoms with van der Waals surface area (Å²) < 4.78 is 1.31. The van der Waals surface area contributed by atoms with E-state index < -0.39 is 0 Å². The van der Waals surface area contributed by atoms with E-state index in [9.17, 15) is 0 Å². The van der Waals surface area contributed by atoms with Crippen molar-refractivity contribution < 1.29 is 0 Å². The van der Waals surface area contributed by atoms with Crippen LogP contribution >= 0.6 is 11.3 Å². The average molecular weight is 294 g/mol. The van der Waals surface area contributed by atoms with E-state index in [1.54, 1.807) is 0 Å². The first-order valence-electron chi connectivity index (χ1n) is 7.50. The van der Waals surface area contributed by atoms with Crippen LogP contribution in [0.1, 0.15) is 22.9 Å². The van der Waals surface area contributed by atoms with E-state index in [0.29, 0.717) is 5.92 Å². The second kappa shape index (κ2) is 5.58. The summed E-state index contributed by atoms with van der Waals surface area (Å²) in [6, 6.07) is 19.2. The Morgan fingerprint density at radius 3 is 2.71 bits per heavy atom. The molecule has 2 nitrogen and oxygen atoms in total. The molecule has 2 aromatic carbocycles. The van der Waals surface area contributed by atoms with Crippen LogP contribution in [0.2, 0.25) is 0 Å². The second-order valence-electron chi connectivity index (χ2n) is 5.73. The van der Waals surface area contributed by atoms with Gasteiger partial charge in [-0.25, -0.2) is 4.98 Å². The topological polar surface area (TPSA) is 16.1 Å². The van der Waals surface area contributed by atoms with Gasteiger partial charge in [-0.3, -0.25) is 4.90 Å². The normalized spacial score (nSPS) is 19.3. The lowest BCUT2D eigenvalue weighted by Gasteiger charge is -2.15. The second-order valence-corrected chi connectivity index (χ2v) is 6.79. The van der Waals surface area contributed by atoms with Gasteiger partial charge in [0.25, 0.3) is 0 Å². The van der Waals surface area contributed by atoms with Crippen molar-refractivity contribution in [1.29, 1.82) is 0 Å². The Morgan fingerprint density at radius 1 is 1.05 bits per heavy atom. The molecule has 3 heteroatoms. The number of nitrogens with zero attached hydrogens (tertiary/aromatic N) is 2. The van der Waals surface area contributed by atoms with Gasteiger partial charge < -0.3 is 0 Å². The summed E-state index contributed by atoms with van der Waals surface area (Å²) in [5, 5.41) is 1.31. The third kappa shape index (κ3) is 2.71. The highest BCUT2D eigenvalue weighted by Gasteiger charge is 2.26. The zero-order valence-electron chi connectivity index (χ0n) is 11.9. The monoisotopic (exact) mass is 294 g/mol. The van der Waals surface area contributed by atoms with Gasteiger partial charge >= 0.3 is 0 Å². The molecule has 1 saturated heterocycles. The molecule has 106 valence electrons. The summed E-state index contributed by atoms with van der Waals surface area (Å²) in [5.74, 6) is 0.603. The molecule has 0 N–H and O–H groups in total. The highest BCUT2D eigenvalue weighted by atomic mass is 32.1. The standard InChI is InChI=1S/C18H18N2S/c1-2-6-14(7-3-1)12-20-11-10-15(13-20)18-19-16-8-4-5-9-17(16)21-18/h1-9,15H,10-13H2. The van der Waals surface area contributed by atoms with Gasteiger partial charge in [-0.05, 0) is 30.7 Å². The molecule has 21 heavy (non-hydrogen) atoms. The number of rotatable bonds is 3. The number of benzene rings is 2. The molecule has 0 spiro atoms. The van der Waals surface area contributed by atoms with Crippen LogP contribution in [0, 0.1) is 0 Å². The van der Waals surface area contributed by atoms with Crippen molar-refractivity contribution in [1.82, 2.24) is 9.88 Å². The molecule has 0 saturated carbocycles. The molecule has 3 aromatic rings. The summed E-state index contributed by atoms with van der Waals surface area (Å²) in [5.41, 5.74) is 2.56. The molecule has 1 fully saturated rings. The van der Waals surface area contributed by atoms with Crippen molar-refractivity contribution in [3.8, 4) is 0 Å². The lowest BCUT2D eigenvalue weighted by Crippen LogP contribution is -2.19. The molecular formula is C18H18N2S. The van der Waals surface area contributed by atoms with Crippen molar-refractivity contribution in [2.24, 2.45) is 0 Å². The lowest BCUT2D eigenvalue weighted by molar-refractivity contribution is 0.327. The Labute approximate surface area is 129 Å². The fourth-order valence-electron chi connectivity index (χ4n) is 3.08. The van der Waals surface area contributed by atoms with Gasteiger partial charge in [-0.1, -0.05) is 42.5 Å². The summed E-state index contributed by atoms with van der Waals surface area (Å²) in [4.78, 5) is 7.38. The van der Waals surface area contributed by atoms with Gasteiger partial charge in [0.05, 0.1) is 15.2 Å². The summed E-state index contributed by atoms with van der Waals surface area (Å²) in [6.45, 7) is 3.37. The quantitative estimate of drug-likeness (QED) is 0.716. The fourth-order valence-corrected chi connectivity index (χ4v) is 4.18. The maximum Gasteiger partial charge on any atom is 0.0982 e. The van der Waals surface area contributed by atoms with Gasteiger partial charge in [0, 0.05) is 19.0 Å². The largest absolute Gasteiger partial charge is 0.298 e. The van der Waals surface area contributed by atoms with Crippen molar-refractivity contribution in [3.63, 3.8) is 0 Å². The van der Waals surface area contributed by atoms with Gasteiger partial charge in [0.2, 0.25) is 0 Å². The van der Waals surface area contributed by atoms with E-state index in [-0.39, 0.29) is 0 Å². The van der Waals surface area contributed by atoms with Crippen molar-refractivity contribution in [2.75, 3.05) is 13.1 Å². The SMILES string of the molecule is c1ccc(CN2CCC(c3nc4ccccc4s3)C2)cc1. The van der Waals surface area contributed by atoms with Crippen molar-refractivity contribution in [3.05, 3.63) is 65.2 Å². The molecular weight excluding hydrogens is 276 g/mol. The molecule has 0 amide bonds. The molecule has 1 atom stereocenters. The minimum absolute atomic E-state index is 0.603. The van der Waals surface area contributed by atoms with E-state index in [0.717, 1.165) is 18.6 Å². The minimum atomic E-state index is 0.603. The first-order chi connectivity index (χ1) is 10.4. The Bertz CT molecular complexity index is 702. The van der Waals surface area contributed by atoms with Crippen LogP contribution in [0.25, 0.3) is 10.2 Å². The highest BCUT2D eigenvalue weighted by molar-refractivity contribution is 7.18. The van der Waals surface area contributed by atoms with Gasteiger partial charge in [0.15, 0.2) is 0 Å². The van der Waals surface area contributed by atoms with E-state index >= 15 is 0 Å². The maximum atomic E-state index is 4.83. The maximum absolute atomic E-state index is 4.83. The van der Waals surface area contributed by atoms with Crippen molar-refractivity contribution in [2.45, 2.75) is 18.9 Å².